The highest BCUT2D eigenvalue weighted by Crippen LogP contribution is 2.25. The summed E-state index contributed by atoms with van der Waals surface area (Å²) in [6, 6.07) is 22.9. The van der Waals surface area contributed by atoms with E-state index in [0.717, 1.165) is 11.5 Å². The van der Waals surface area contributed by atoms with Gasteiger partial charge in [-0.2, -0.15) is 0 Å². The first-order valence-corrected chi connectivity index (χ1v) is 8.67. The Kier molecular flexibility index (Phi) is 5.39. The summed E-state index contributed by atoms with van der Waals surface area (Å²) < 4.78 is 11.4. The van der Waals surface area contributed by atoms with Gasteiger partial charge in [0.25, 0.3) is 0 Å². The Morgan fingerprint density at radius 1 is 0.640 bits per heavy atom. The lowest BCUT2D eigenvalue weighted by Gasteiger charge is -2.09. The van der Waals surface area contributed by atoms with Crippen LogP contribution < -0.4 is 9.47 Å². The molecule has 0 aliphatic carbocycles. The summed E-state index contributed by atoms with van der Waals surface area (Å²) in [5.74, 6) is 1.79. The van der Waals surface area contributed by atoms with Crippen molar-refractivity contribution in [2.75, 3.05) is 6.61 Å². The summed E-state index contributed by atoms with van der Waals surface area (Å²) in [5.41, 5.74) is 6.08. The van der Waals surface area contributed by atoms with Crippen LogP contribution in [0.3, 0.4) is 0 Å². The standard InChI is InChI=1S/C23H24O2/c1-4-24-22-9-5-20(6-10-22)21-7-11-23(12-8-21)25-16-19-14-17(2)13-18(3)15-19/h5-15H,4,16H2,1-3H3. The van der Waals surface area contributed by atoms with E-state index in [0.29, 0.717) is 13.2 Å². The van der Waals surface area contributed by atoms with Gasteiger partial charge in [0.15, 0.2) is 0 Å². The van der Waals surface area contributed by atoms with Crippen LogP contribution in [0.5, 0.6) is 11.5 Å². The molecule has 128 valence electrons. The van der Waals surface area contributed by atoms with Crippen molar-refractivity contribution in [1.29, 1.82) is 0 Å². The molecule has 0 atom stereocenters. The minimum Gasteiger partial charge on any atom is -0.494 e. The predicted octanol–water partition coefficient (Wildman–Crippen LogP) is 5.95. The molecule has 0 radical (unpaired) electrons. The van der Waals surface area contributed by atoms with Crippen molar-refractivity contribution in [3.63, 3.8) is 0 Å². The SMILES string of the molecule is CCOc1ccc(-c2ccc(OCc3cc(C)cc(C)c3)cc2)cc1. The molecule has 0 heterocycles. The highest BCUT2D eigenvalue weighted by atomic mass is 16.5. The molecule has 0 aliphatic heterocycles. The highest BCUT2D eigenvalue weighted by molar-refractivity contribution is 5.64. The van der Waals surface area contributed by atoms with Gasteiger partial charge < -0.3 is 9.47 Å². The van der Waals surface area contributed by atoms with Crippen molar-refractivity contribution in [2.24, 2.45) is 0 Å². The van der Waals surface area contributed by atoms with E-state index in [1.54, 1.807) is 0 Å². The van der Waals surface area contributed by atoms with Crippen LogP contribution in [0.4, 0.5) is 0 Å². The fourth-order valence-corrected chi connectivity index (χ4v) is 2.97. The first-order valence-electron chi connectivity index (χ1n) is 8.67. The van der Waals surface area contributed by atoms with Crippen molar-refractivity contribution >= 4 is 0 Å². The van der Waals surface area contributed by atoms with E-state index in [1.165, 1.54) is 27.8 Å². The highest BCUT2D eigenvalue weighted by Gasteiger charge is 2.01. The van der Waals surface area contributed by atoms with Gasteiger partial charge >= 0.3 is 0 Å². The lowest BCUT2D eigenvalue weighted by Crippen LogP contribution is -1.96. The molecule has 3 aromatic rings. The summed E-state index contributed by atoms with van der Waals surface area (Å²) in [5, 5.41) is 0. The van der Waals surface area contributed by atoms with Gasteiger partial charge in [-0.3, -0.25) is 0 Å². The molecular formula is C23H24O2. The van der Waals surface area contributed by atoms with Gasteiger partial charge in [-0.25, -0.2) is 0 Å². The van der Waals surface area contributed by atoms with Gasteiger partial charge in [0.2, 0.25) is 0 Å². The summed E-state index contributed by atoms with van der Waals surface area (Å²) in [4.78, 5) is 0. The maximum atomic E-state index is 5.92. The van der Waals surface area contributed by atoms with E-state index in [-0.39, 0.29) is 0 Å². The molecular weight excluding hydrogens is 308 g/mol. The summed E-state index contributed by atoms with van der Waals surface area (Å²) in [6.45, 7) is 7.49. The fourth-order valence-electron chi connectivity index (χ4n) is 2.97. The molecule has 0 aliphatic rings. The number of rotatable bonds is 6. The molecule has 0 N–H and O–H groups in total. The zero-order valence-electron chi connectivity index (χ0n) is 15.1. The van der Waals surface area contributed by atoms with Gasteiger partial charge in [-0.15, -0.1) is 0 Å². The molecule has 0 saturated carbocycles. The largest absolute Gasteiger partial charge is 0.494 e. The third-order valence-corrected chi connectivity index (χ3v) is 4.04. The van der Waals surface area contributed by atoms with Crippen LogP contribution >= 0.6 is 0 Å². The van der Waals surface area contributed by atoms with Crippen LogP contribution in [-0.2, 0) is 6.61 Å². The van der Waals surface area contributed by atoms with Crippen LogP contribution in [0.2, 0.25) is 0 Å². The first-order chi connectivity index (χ1) is 12.1. The van der Waals surface area contributed by atoms with E-state index in [9.17, 15) is 0 Å². The molecule has 0 saturated heterocycles. The molecule has 2 heteroatoms. The van der Waals surface area contributed by atoms with Crippen LogP contribution in [0, 0.1) is 13.8 Å². The molecule has 0 fully saturated rings. The van der Waals surface area contributed by atoms with Crippen molar-refractivity contribution in [2.45, 2.75) is 27.4 Å². The Morgan fingerprint density at radius 2 is 1.12 bits per heavy atom. The van der Waals surface area contributed by atoms with E-state index in [4.69, 9.17) is 9.47 Å². The Balaban J connectivity index is 1.65. The van der Waals surface area contributed by atoms with Gasteiger partial charge in [0.05, 0.1) is 6.61 Å². The number of aryl methyl sites for hydroxylation is 2. The monoisotopic (exact) mass is 332 g/mol. The second-order valence-electron chi connectivity index (χ2n) is 6.27. The second-order valence-corrected chi connectivity index (χ2v) is 6.27. The lowest BCUT2D eigenvalue weighted by molar-refractivity contribution is 0.306. The van der Waals surface area contributed by atoms with Gasteiger partial charge in [-0.05, 0) is 61.7 Å². The average molecular weight is 332 g/mol. The van der Waals surface area contributed by atoms with Gasteiger partial charge in [-0.1, -0.05) is 53.6 Å². The normalized spacial score (nSPS) is 10.5. The first kappa shape index (κ1) is 17.1. The molecule has 2 nitrogen and oxygen atoms in total. The Bertz CT molecular complexity index is 797. The maximum Gasteiger partial charge on any atom is 0.119 e. The topological polar surface area (TPSA) is 18.5 Å². The molecule has 0 bridgehead atoms. The molecule has 0 amide bonds. The number of hydrogen-bond acceptors (Lipinski definition) is 2. The quantitative estimate of drug-likeness (QED) is 0.555. The number of hydrogen-bond donors (Lipinski definition) is 0. The molecule has 0 aromatic heterocycles. The Labute approximate surface area is 150 Å². The molecule has 0 spiro atoms. The van der Waals surface area contributed by atoms with Crippen molar-refractivity contribution < 1.29 is 9.47 Å². The van der Waals surface area contributed by atoms with Crippen molar-refractivity contribution in [1.82, 2.24) is 0 Å². The summed E-state index contributed by atoms with van der Waals surface area (Å²) in [6.07, 6.45) is 0. The zero-order chi connectivity index (χ0) is 17.6. The molecule has 3 aromatic carbocycles. The minimum absolute atomic E-state index is 0.588. The molecule has 3 rings (SSSR count). The third kappa shape index (κ3) is 4.63. The molecule has 0 unspecified atom stereocenters. The van der Waals surface area contributed by atoms with Crippen LogP contribution in [-0.4, -0.2) is 6.61 Å². The van der Waals surface area contributed by atoms with Gasteiger partial charge in [0, 0.05) is 0 Å². The minimum atomic E-state index is 0.588. The smallest absolute Gasteiger partial charge is 0.119 e. The van der Waals surface area contributed by atoms with E-state index in [2.05, 4.69) is 56.3 Å². The maximum absolute atomic E-state index is 5.92. The average Bonchev–Trinajstić information content (AvgIpc) is 2.61. The summed E-state index contributed by atoms with van der Waals surface area (Å²) >= 11 is 0. The van der Waals surface area contributed by atoms with Crippen LogP contribution in [0.1, 0.15) is 23.6 Å². The summed E-state index contributed by atoms with van der Waals surface area (Å²) in [7, 11) is 0. The third-order valence-electron chi connectivity index (χ3n) is 4.04. The van der Waals surface area contributed by atoms with Crippen molar-refractivity contribution in [3.05, 3.63) is 83.4 Å². The fraction of sp³-hybridized carbons (Fsp3) is 0.217. The van der Waals surface area contributed by atoms with Gasteiger partial charge in [0.1, 0.15) is 18.1 Å². The van der Waals surface area contributed by atoms with E-state index in [1.807, 2.05) is 31.2 Å². The van der Waals surface area contributed by atoms with Crippen LogP contribution in [0.25, 0.3) is 11.1 Å². The number of benzene rings is 3. The number of ether oxygens (including phenoxy) is 2. The zero-order valence-corrected chi connectivity index (χ0v) is 15.1. The van der Waals surface area contributed by atoms with E-state index < -0.39 is 0 Å². The van der Waals surface area contributed by atoms with Crippen molar-refractivity contribution in [3.8, 4) is 22.6 Å². The molecule has 25 heavy (non-hydrogen) atoms. The van der Waals surface area contributed by atoms with E-state index >= 15 is 0 Å². The predicted molar refractivity (Wildman–Crippen MR) is 103 cm³/mol. The van der Waals surface area contributed by atoms with Crippen LogP contribution in [0.15, 0.2) is 66.7 Å². The second kappa shape index (κ2) is 7.89. The lowest BCUT2D eigenvalue weighted by atomic mass is 10.1. The Hall–Kier alpha value is -2.74. The Morgan fingerprint density at radius 3 is 1.60 bits per heavy atom.